The van der Waals surface area contributed by atoms with Crippen molar-refractivity contribution in [2.75, 3.05) is 25.5 Å². The van der Waals surface area contributed by atoms with Crippen LogP contribution in [0.3, 0.4) is 0 Å². The molecule has 174 valence electrons. The summed E-state index contributed by atoms with van der Waals surface area (Å²) >= 11 is 0. The number of likely N-dealkylation sites (N-methyl/N-ethyl adjacent to an activating group) is 1. The van der Waals surface area contributed by atoms with Gasteiger partial charge in [0, 0.05) is 24.8 Å². The number of nitrogens with zero attached hydrogens (tertiary/aromatic N) is 1. The van der Waals surface area contributed by atoms with Crippen molar-refractivity contribution in [3.8, 4) is 5.75 Å². The number of carbonyl (C=O) groups is 3. The van der Waals surface area contributed by atoms with Crippen molar-refractivity contribution in [3.05, 3.63) is 59.7 Å². The van der Waals surface area contributed by atoms with Crippen LogP contribution in [0.5, 0.6) is 5.75 Å². The lowest BCUT2D eigenvalue weighted by atomic mass is 9.94. The topological polar surface area (TPSA) is 97.0 Å². The van der Waals surface area contributed by atoms with E-state index in [9.17, 15) is 14.4 Å². The summed E-state index contributed by atoms with van der Waals surface area (Å²) in [5.74, 6) is -0.0340. The smallest absolute Gasteiger partial charge is 0.257 e. The monoisotopic (exact) mass is 451 g/mol. The van der Waals surface area contributed by atoms with Crippen LogP contribution >= 0.6 is 0 Å². The quantitative estimate of drug-likeness (QED) is 0.729. The summed E-state index contributed by atoms with van der Waals surface area (Å²) in [4.78, 5) is 39.5. The third kappa shape index (κ3) is 5.17. The van der Waals surface area contributed by atoms with Gasteiger partial charge in [0.05, 0.1) is 24.1 Å². The first-order valence-corrected chi connectivity index (χ1v) is 11.3. The maximum atomic E-state index is 13.3. The molecule has 2 heterocycles. The van der Waals surface area contributed by atoms with E-state index in [2.05, 4.69) is 10.6 Å². The second-order valence-corrected chi connectivity index (χ2v) is 8.36. The van der Waals surface area contributed by atoms with Gasteiger partial charge >= 0.3 is 0 Å². The maximum Gasteiger partial charge on any atom is 0.257 e. The molecular weight excluding hydrogens is 422 g/mol. The highest BCUT2D eigenvalue weighted by Crippen LogP contribution is 2.32. The van der Waals surface area contributed by atoms with Crippen molar-refractivity contribution in [2.45, 2.75) is 44.4 Å². The number of anilines is 1. The Kier molecular flexibility index (Phi) is 6.93. The molecule has 1 saturated heterocycles. The Morgan fingerprint density at radius 2 is 1.91 bits per heavy atom. The average molecular weight is 452 g/mol. The number of hydrogen-bond acceptors (Lipinski definition) is 5. The van der Waals surface area contributed by atoms with E-state index in [1.54, 1.807) is 54.4 Å². The van der Waals surface area contributed by atoms with Gasteiger partial charge in [0.2, 0.25) is 5.91 Å². The van der Waals surface area contributed by atoms with Gasteiger partial charge in [-0.1, -0.05) is 18.2 Å². The zero-order valence-corrected chi connectivity index (χ0v) is 18.9. The first kappa shape index (κ1) is 22.8. The van der Waals surface area contributed by atoms with E-state index in [0.717, 1.165) is 6.42 Å². The molecule has 1 fully saturated rings. The number of hydrogen-bond donors (Lipinski definition) is 2. The lowest BCUT2D eigenvalue weighted by Gasteiger charge is -2.42. The SMILES string of the molecule is CCNC(=O)C[C@H]1CC[C@H]2[C@@H](COc3ccc(NC(=O)c4ccccc4)cc3C(=O)N2C)O1. The van der Waals surface area contributed by atoms with E-state index in [1.165, 1.54) is 0 Å². The zero-order valence-electron chi connectivity index (χ0n) is 18.9. The van der Waals surface area contributed by atoms with Crippen molar-refractivity contribution in [2.24, 2.45) is 0 Å². The van der Waals surface area contributed by atoms with Crippen LogP contribution in [0.1, 0.15) is 46.9 Å². The van der Waals surface area contributed by atoms with Gasteiger partial charge in [-0.05, 0) is 50.1 Å². The number of amides is 3. The first-order valence-electron chi connectivity index (χ1n) is 11.3. The summed E-state index contributed by atoms with van der Waals surface area (Å²) in [6.45, 7) is 2.74. The summed E-state index contributed by atoms with van der Waals surface area (Å²) in [6.07, 6.45) is 1.20. The Labute approximate surface area is 193 Å². The summed E-state index contributed by atoms with van der Waals surface area (Å²) in [7, 11) is 1.76. The van der Waals surface area contributed by atoms with Gasteiger partial charge in [-0.2, -0.15) is 0 Å². The highest BCUT2D eigenvalue weighted by atomic mass is 16.5. The molecule has 0 radical (unpaired) electrons. The molecule has 2 aliphatic heterocycles. The number of fused-ring (bicyclic) bond motifs is 2. The van der Waals surface area contributed by atoms with Gasteiger partial charge in [0.15, 0.2) is 0 Å². The van der Waals surface area contributed by atoms with E-state index in [4.69, 9.17) is 9.47 Å². The van der Waals surface area contributed by atoms with Gasteiger partial charge in [0.25, 0.3) is 11.8 Å². The highest BCUT2D eigenvalue weighted by molar-refractivity contribution is 6.05. The van der Waals surface area contributed by atoms with Crippen LogP contribution in [0, 0.1) is 0 Å². The molecule has 8 heteroatoms. The third-order valence-electron chi connectivity index (χ3n) is 6.09. The predicted molar refractivity (Wildman–Crippen MR) is 123 cm³/mol. The Hall–Kier alpha value is -3.39. The van der Waals surface area contributed by atoms with Crippen LogP contribution in [-0.2, 0) is 9.53 Å². The predicted octanol–water partition coefficient (Wildman–Crippen LogP) is 2.85. The summed E-state index contributed by atoms with van der Waals surface area (Å²) < 4.78 is 12.1. The fourth-order valence-electron chi connectivity index (χ4n) is 4.37. The van der Waals surface area contributed by atoms with Crippen LogP contribution in [-0.4, -0.2) is 61.1 Å². The lowest BCUT2D eigenvalue weighted by Crippen LogP contribution is -2.54. The minimum Gasteiger partial charge on any atom is -0.490 e. The summed E-state index contributed by atoms with van der Waals surface area (Å²) in [6, 6.07) is 13.8. The number of rotatable bonds is 5. The van der Waals surface area contributed by atoms with Gasteiger partial charge in [-0.25, -0.2) is 0 Å². The Morgan fingerprint density at radius 3 is 2.67 bits per heavy atom. The molecule has 2 N–H and O–H groups in total. The molecule has 0 saturated carbocycles. The standard InChI is InChI=1S/C25H29N3O5/c1-3-26-23(29)14-18-10-11-20-22(33-18)15-32-21-12-9-17(13-19(21)25(31)28(20)2)27-24(30)16-7-5-4-6-8-16/h4-9,12-13,18,20,22H,3,10-11,14-15H2,1-2H3,(H,26,29)(H,27,30)/t18-,20+,22-/m1/s1. The van der Waals surface area contributed by atoms with Crippen molar-refractivity contribution in [1.29, 1.82) is 0 Å². The molecule has 2 aromatic carbocycles. The van der Waals surface area contributed by atoms with Crippen molar-refractivity contribution in [3.63, 3.8) is 0 Å². The van der Waals surface area contributed by atoms with E-state index >= 15 is 0 Å². The number of nitrogens with one attached hydrogen (secondary N) is 2. The van der Waals surface area contributed by atoms with Crippen LogP contribution in [0.15, 0.2) is 48.5 Å². The van der Waals surface area contributed by atoms with Crippen molar-refractivity contribution < 1.29 is 23.9 Å². The molecule has 0 spiro atoms. The average Bonchev–Trinajstić information content (AvgIpc) is 2.82. The largest absolute Gasteiger partial charge is 0.490 e. The normalized spacial score (nSPS) is 22.2. The van der Waals surface area contributed by atoms with Gasteiger partial charge in [-0.15, -0.1) is 0 Å². The van der Waals surface area contributed by atoms with Crippen molar-refractivity contribution >= 4 is 23.4 Å². The Bertz CT molecular complexity index is 1030. The second kappa shape index (κ2) is 10.0. The molecule has 0 bridgehead atoms. The molecule has 0 unspecified atom stereocenters. The number of ether oxygens (including phenoxy) is 2. The molecule has 33 heavy (non-hydrogen) atoms. The minimum atomic E-state index is -0.322. The van der Waals surface area contributed by atoms with E-state index in [0.29, 0.717) is 42.0 Å². The number of carbonyl (C=O) groups excluding carboxylic acids is 3. The van der Waals surface area contributed by atoms with Crippen LogP contribution < -0.4 is 15.4 Å². The Balaban J connectivity index is 1.49. The molecular formula is C25H29N3O5. The summed E-state index contributed by atoms with van der Waals surface area (Å²) in [5, 5.41) is 5.64. The first-order chi connectivity index (χ1) is 16.0. The van der Waals surface area contributed by atoms with E-state index in [1.807, 2.05) is 13.0 Å². The maximum absolute atomic E-state index is 13.3. The third-order valence-corrected chi connectivity index (χ3v) is 6.09. The molecule has 8 nitrogen and oxygen atoms in total. The lowest BCUT2D eigenvalue weighted by molar-refractivity contribution is -0.133. The van der Waals surface area contributed by atoms with E-state index in [-0.39, 0.29) is 42.6 Å². The van der Waals surface area contributed by atoms with Crippen LogP contribution in [0.4, 0.5) is 5.69 Å². The zero-order chi connectivity index (χ0) is 23.4. The molecule has 3 amide bonds. The van der Waals surface area contributed by atoms with Gasteiger partial charge in [-0.3, -0.25) is 14.4 Å². The van der Waals surface area contributed by atoms with Gasteiger partial charge < -0.3 is 25.0 Å². The molecule has 4 rings (SSSR count). The molecule has 2 aromatic rings. The van der Waals surface area contributed by atoms with Gasteiger partial charge in [0.1, 0.15) is 18.5 Å². The number of benzene rings is 2. The fraction of sp³-hybridized carbons (Fsp3) is 0.400. The van der Waals surface area contributed by atoms with Crippen LogP contribution in [0.25, 0.3) is 0 Å². The van der Waals surface area contributed by atoms with Crippen molar-refractivity contribution in [1.82, 2.24) is 10.2 Å². The molecule has 0 aromatic heterocycles. The highest BCUT2D eigenvalue weighted by Gasteiger charge is 2.39. The molecule has 2 aliphatic rings. The Morgan fingerprint density at radius 1 is 1.12 bits per heavy atom. The fourth-order valence-corrected chi connectivity index (χ4v) is 4.37. The van der Waals surface area contributed by atoms with E-state index < -0.39 is 0 Å². The molecule has 0 aliphatic carbocycles. The second-order valence-electron chi connectivity index (χ2n) is 8.36. The minimum absolute atomic E-state index is 0.0347. The summed E-state index contributed by atoms with van der Waals surface area (Å²) in [5.41, 5.74) is 1.45. The van der Waals surface area contributed by atoms with Crippen LogP contribution in [0.2, 0.25) is 0 Å². The molecule has 3 atom stereocenters.